The fraction of sp³-hybridized carbons (Fsp3) is 0.240. The number of rotatable bonds is 6. The number of nitrogen functional groups attached to an aromatic ring is 1. The molecule has 3 aromatic rings. The predicted molar refractivity (Wildman–Crippen MR) is 125 cm³/mol. The molecule has 1 unspecified atom stereocenters. The largest absolute Gasteiger partial charge is 0.383 e. The molecule has 1 aliphatic rings. The maximum absolute atomic E-state index is 13.6. The van der Waals surface area contributed by atoms with Crippen LogP contribution in [0.5, 0.6) is 0 Å². The van der Waals surface area contributed by atoms with E-state index in [1.54, 1.807) is 0 Å². The molecule has 32 heavy (non-hydrogen) atoms. The van der Waals surface area contributed by atoms with Crippen molar-refractivity contribution in [2.75, 3.05) is 10.6 Å². The van der Waals surface area contributed by atoms with Crippen LogP contribution in [0.2, 0.25) is 0 Å². The van der Waals surface area contributed by atoms with Gasteiger partial charge in [-0.15, -0.1) is 0 Å². The minimum atomic E-state index is -0.660. The fourth-order valence-electron chi connectivity index (χ4n) is 4.03. The summed E-state index contributed by atoms with van der Waals surface area (Å²) in [6, 6.07) is 18.8. The molecule has 164 valence electrons. The van der Waals surface area contributed by atoms with Gasteiger partial charge in [-0.1, -0.05) is 72.8 Å². The molecule has 1 heterocycles. The molecule has 1 amide bonds. The van der Waals surface area contributed by atoms with Gasteiger partial charge in [0, 0.05) is 5.92 Å². The molecule has 3 N–H and O–H groups in total. The number of aromatic nitrogens is 2. The molecule has 0 aliphatic heterocycles. The van der Waals surface area contributed by atoms with Crippen molar-refractivity contribution >= 4 is 17.4 Å². The Morgan fingerprint density at radius 2 is 1.66 bits per heavy atom. The average Bonchev–Trinajstić information content (AvgIpc) is 2.82. The second kappa shape index (κ2) is 9.51. The summed E-state index contributed by atoms with van der Waals surface area (Å²) in [5.74, 6) is -0.421. The number of hydrogen-bond acceptors (Lipinski definition) is 4. The highest BCUT2D eigenvalue weighted by Crippen LogP contribution is 2.27. The number of hydrogen-bond donors (Lipinski definition) is 2. The van der Waals surface area contributed by atoms with Crippen LogP contribution in [0.25, 0.3) is 0 Å². The Hall–Kier alpha value is -3.87. The third-order valence-electron chi connectivity index (χ3n) is 5.74. The first-order chi connectivity index (χ1) is 15.5. The number of anilines is 2. The van der Waals surface area contributed by atoms with Crippen LogP contribution in [-0.2, 0) is 17.9 Å². The lowest BCUT2D eigenvalue weighted by Gasteiger charge is -2.29. The summed E-state index contributed by atoms with van der Waals surface area (Å²) in [7, 11) is 0. The van der Waals surface area contributed by atoms with E-state index < -0.39 is 11.2 Å². The first-order valence-corrected chi connectivity index (χ1v) is 10.7. The van der Waals surface area contributed by atoms with Crippen LogP contribution in [0.1, 0.15) is 30.4 Å². The van der Waals surface area contributed by atoms with E-state index in [1.165, 1.54) is 9.47 Å². The number of aromatic amines is 1. The monoisotopic (exact) mass is 430 g/mol. The molecule has 0 radical (unpaired) electrons. The molecular formula is C25H26N4O3. The van der Waals surface area contributed by atoms with Crippen LogP contribution >= 0.6 is 0 Å². The van der Waals surface area contributed by atoms with Crippen molar-refractivity contribution in [2.24, 2.45) is 5.92 Å². The van der Waals surface area contributed by atoms with Crippen LogP contribution in [0.15, 0.2) is 82.4 Å². The van der Waals surface area contributed by atoms with Gasteiger partial charge in [-0.05, 0) is 30.4 Å². The Kier molecular flexibility index (Phi) is 6.35. The third kappa shape index (κ3) is 4.56. The van der Waals surface area contributed by atoms with Crippen LogP contribution < -0.4 is 21.9 Å². The maximum Gasteiger partial charge on any atom is 0.330 e. The molecule has 1 aromatic heterocycles. The zero-order chi connectivity index (χ0) is 22.5. The highest BCUT2D eigenvalue weighted by Gasteiger charge is 2.30. The molecule has 1 aliphatic carbocycles. The van der Waals surface area contributed by atoms with Gasteiger partial charge in [0.2, 0.25) is 5.91 Å². The number of amides is 1. The number of nitrogens with zero attached hydrogens (tertiary/aromatic N) is 2. The molecular weight excluding hydrogens is 404 g/mol. The van der Waals surface area contributed by atoms with Gasteiger partial charge in [-0.25, -0.2) is 4.79 Å². The first-order valence-electron chi connectivity index (χ1n) is 10.7. The summed E-state index contributed by atoms with van der Waals surface area (Å²) in [5.41, 5.74) is 6.87. The topological polar surface area (TPSA) is 101 Å². The van der Waals surface area contributed by atoms with Crippen molar-refractivity contribution in [3.8, 4) is 0 Å². The van der Waals surface area contributed by atoms with E-state index in [1.807, 2.05) is 66.7 Å². The van der Waals surface area contributed by atoms with E-state index in [4.69, 9.17) is 5.73 Å². The quantitative estimate of drug-likeness (QED) is 0.587. The lowest BCUT2D eigenvalue weighted by molar-refractivity contribution is -0.122. The first kappa shape index (κ1) is 21.4. The number of H-pyrrole nitrogens is 1. The van der Waals surface area contributed by atoms with Crippen molar-refractivity contribution in [3.63, 3.8) is 0 Å². The van der Waals surface area contributed by atoms with E-state index in [0.29, 0.717) is 12.8 Å². The van der Waals surface area contributed by atoms with Gasteiger partial charge in [-0.2, -0.15) is 0 Å². The van der Waals surface area contributed by atoms with E-state index in [9.17, 15) is 14.4 Å². The van der Waals surface area contributed by atoms with Crippen LogP contribution in [0.3, 0.4) is 0 Å². The number of benzene rings is 2. The lowest BCUT2D eigenvalue weighted by atomic mass is 9.92. The second-order valence-corrected chi connectivity index (χ2v) is 7.96. The molecule has 0 fully saturated rings. The summed E-state index contributed by atoms with van der Waals surface area (Å²) < 4.78 is 1.30. The van der Waals surface area contributed by atoms with E-state index in [0.717, 1.165) is 17.5 Å². The van der Waals surface area contributed by atoms with E-state index in [-0.39, 0.29) is 36.4 Å². The zero-order valence-electron chi connectivity index (χ0n) is 17.7. The normalized spacial score (nSPS) is 15.4. The summed E-state index contributed by atoms with van der Waals surface area (Å²) in [6.45, 7) is 0.380. The SMILES string of the molecule is Nc1c(N(Cc2ccccc2)C(=O)C2CC=CCC2)c(=O)[nH]c(=O)n1Cc1ccccc1. The smallest absolute Gasteiger partial charge is 0.330 e. The number of nitrogens with one attached hydrogen (secondary N) is 1. The summed E-state index contributed by atoms with van der Waals surface area (Å²) in [6.07, 6.45) is 6.20. The van der Waals surface area contributed by atoms with Crippen molar-refractivity contribution in [3.05, 3.63) is 105 Å². The zero-order valence-corrected chi connectivity index (χ0v) is 17.7. The van der Waals surface area contributed by atoms with Crippen molar-refractivity contribution in [1.82, 2.24) is 9.55 Å². The molecule has 7 heteroatoms. The van der Waals surface area contributed by atoms with Crippen LogP contribution in [0.4, 0.5) is 11.5 Å². The number of allylic oxidation sites excluding steroid dienone is 2. The minimum absolute atomic E-state index is 0.0155. The van der Waals surface area contributed by atoms with Gasteiger partial charge in [0.25, 0.3) is 5.56 Å². The molecule has 4 rings (SSSR count). The number of carbonyl (C=O) groups is 1. The Morgan fingerprint density at radius 1 is 1.00 bits per heavy atom. The van der Waals surface area contributed by atoms with Gasteiger partial charge < -0.3 is 5.73 Å². The van der Waals surface area contributed by atoms with Gasteiger partial charge in [0.15, 0.2) is 5.69 Å². The van der Waals surface area contributed by atoms with Crippen molar-refractivity contribution < 1.29 is 4.79 Å². The molecule has 2 aromatic carbocycles. The summed E-state index contributed by atoms with van der Waals surface area (Å²) >= 11 is 0. The molecule has 0 bridgehead atoms. The second-order valence-electron chi connectivity index (χ2n) is 7.96. The van der Waals surface area contributed by atoms with Crippen LogP contribution in [-0.4, -0.2) is 15.5 Å². The van der Waals surface area contributed by atoms with E-state index in [2.05, 4.69) is 11.1 Å². The Labute approximate surface area is 185 Å². The van der Waals surface area contributed by atoms with Crippen LogP contribution in [0, 0.1) is 5.92 Å². The van der Waals surface area contributed by atoms with E-state index >= 15 is 0 Å². The highest BCUT2D eigenvalue weighted by molar-refractivity contribution is 5.97. The molecule has 0 saturated heterocycles. The predicted octanol–water partition coefficient (Wildman–Crippen LogP) is 3.06. The average molecular weight is 431 g/mol. The Bertz CT molecular complexity index is 1230. The van der Waals surface area contributed by atoms with Gasteiger partial charge in [-0.3, -0.25) is 24.0 Å². The maximum atomic E-state index is 13.6. The molecule has 1 atom stereocenters. The van der Waals surface area contributed by atoms with Gasteiger partial charge in [0.05, 0.1) is 13.1 Å². The van der Waals surface area contributed by atoms with Crippen molar-refractivity contribution in [1.29, 1.82) is 0 Å². The number of nitrogens with two attached hydrogens (primary N) is 1. The third-order valence-corrected chi connectivity index (χ3v) is 5.74. The number of carbonyl (C=O) groups excluding carboxylic acids is 1. The fourth-order valence-corrected chi connectivity index (χ4v) is 4.03. The molecule has 0 spiro atoms. The molecule has 7 nitrogen and oxygen atoms in total. The minimum Gasteiger partial charge on any atom is -0.383 e. The summed E-state index contributed by atoms with van der Waals surface area (Å²) in [5, 5.41) is 0. The van der Waals surface area contributed by atoms with Gasteiger partial charge >= 0.3 is 5.69 Å². The summed E-state index contributed by atoms with van der Waals surface area (Å²) in [4.78, 5) is 42.9. The Balaban J connectivity index is 1.79. The van der Waals surface area contributed by atoms with Gasteiger partial charge in [0.1, 0.15) is 5.82 Å². The molecule has 0 saturated carbocycles. The standard InChI is InChI=1S/C25H26N4O3/c26-22-21(23(30)27-25(32)29(22)17-19-12-6-2-7-13-19)28(16-18-10-4-1-5-11-18)24(31)20-14-8-3-9-15-20/h1-8,10-13,20H,9,14-17,26H2,(H,27,30,32). The highest BCUT2D eigenvalue weighted by atomic mass is 16.2. The Morgan fingerprint density at radius 3 is 2.28 bits per heavy atom. The van der Waals surface area contributed by atoms with Crippen molar-refractivity contribution in [2.45, 2.75) is 32.4 Å². The lowest BCUT2D eigenvalue weighted by Crippen LogP contribution is -2.43.